The van der Waals surface area contributed by atoms with Crippen LogP contribution in [0.2, 0.25) is 0 Å². The molecule has 1 aliphatic heterocycles. The molecule has 1 rings (SSSR count). The molecule has 1 N–H and O–H groups in total. The SMILES string of the molecule is O=CCC1(F)CCN(C(=O)O)CC1. The van der Waals surface area contributed by atoms with Crippen molar-refractivity contribution in [1.29, 1.82) is 0 Å². The van der Waals surface area contributed by atoms with Crippen LogP contribution < -0.4 is 0 Å². The summed E-state index contributed by atoms with van der Waals surface area (Å²) in [5.74, 6) is 0. The summed E-state index contributed by atoms with van der Waals surface area (Å²) in [5, 5.41) is 8.57. The highest BCUT2D eigenvalue weighted by Gasteiger charge is 2.35. The molecule has 1 aliphatic rings. The van der Waals surface area contributed by atoms with Gasteiger partial charge in [-0.15, -0.1) is 0 Å². The molecule has 4 nitrogen and oxygen atoms in total. The van der Waals surface area contributed by atoms with E-state index in [1.165, 1.54) is 4.90 Å². The van der Waals surface area contributed by atoms with Gasteiger partial charge in [-0.25, -0.2) is 9.18 Å². The zero-order chi connectivity index (χ0) is 9.90. The maximum absolute atomic E-state index is 13.6. The van der Waals surface area contributed by atoms with Crippen molar-refractivity contribution in [2.75, 3.05) is 13.1 Å². The smallest absolute Gasteiger partial charge is 0.407 e. The van der Waals surface area contributed by atoms with E-state index in [0.29, 0.717) is 6.29 Å². The zero-order valence-corrected chi connectivity index (χ0v) is 7.20. The van der Waals surface area contributed by atoms with Crippen molar-refractivity contribution in [1.82, 2.24) is 4.90 Å². The van der Waals surface area contributed by atoms with Gasteiger partial charge in [0.15, 0.2) is 0 Å². The number of carbonyl (C=O) groups is 2. The molecule has 0 saturated carbocycles. The molecule has 0 aromatic heterocycles. The van der Waals surface area contributed by atoms with Gasteiger partial charge in [-0.2, -0.15) is 0 Å². The largest absolute Gasteiger partial charge is 0.465 e. The maximum Gasteiger partial charge on any atom is 0.407 e. The molecule has 0 bridgehead atoms. The summed E-state index contributed by atoms with van der Waals surface area (Å²) in [6.07, 6.45) is -0.347. The van der Waals surface area contributed by atoms with Gasteiger partial charge in [0, 0.05) is 19.5 Å². The highest BCUT2D eigenvalue weighted by atomic mass is 19.1. The lowest BCUT2D eigenvalue weighted by atomic mass is 9.91. The van der Waals surface area contributed by atoms with Crippen molar-refractivity contribution in [3.8, 4) is 0 Å². The van der Waals surface area contributed by atoms with Gasteiger partial charge in [-0.3, -0.25) is 0 Å². The van der Waals surface area contributed by atoms with Crippen molar-refractivity contribution in [3.05, 3.63) is 0 Å². The van der Waals surface area contributed by atoms with Gasteiger partial charge < -0.3 is 14.8 Å². The minimum atomic E-state index is -1.48. The minimum Gasteiger partial charge on any atom is -0.465 e. The Kier molecular flexibility index (Phi) is 2.85. The van der Waals surface area contributed by atoms with Crippen molar-refractivity contribution < 1.29 is 19.1 Å². The Labute approximate surface area is 75.3 Å². The molecule has 0 unspecified atom stereocenters. The lowest BCUT2D eigenvalue weighted by Crippen LogP contribution is -2.44. The van der Waals surface area contributed by atoms with Crippen molar-refractivity contribution >= 4 is 12.4 Å². The third-order valence-electron chi connectivity index (χ3n) is 2.38. The monoisotopic (exact) mass is 189 g/mol. The molecule has 0 radical (unpaired) electrons. The number of amides is 1. The molecule has 0 aliphatic carbocycles. The number of piperidine rings is 1. The van der Waals surface area contributed by atoms with E-state index >= 15 is 0 Å². The molecule has 1 fully saturated rings. The average Bonchev–Trinajstić information content (AvgIpc) is 2.05. The highest BCUT2D eigenvalue weighted by molar-refractivity contribution is 5.65. The number of carbonyl (C=O) groups excluding carboxylic acids is 1. The maximum atomic E-state index is 13.6. The van der Waals surface area contributed by atoms with E-state index in [0.717, 1.165) is 0 Å². The topological polar surface area (TPSA) is 57.6 Å². The number of carboxylic acid groups (broad SMARTS) is 1. The Balaban J connectivity index is 2.46. The molecular formula is C8H12FNO3. The minimum absolute atomic E-state index is 0.123. The quantitative estimate of drug-likeness (QED) is 0.661. The Morgan fingerprint density at radius 2 is 2.08 bits per heavy atom. The lowest BCUT2D eigenvalue weighted by molar-refractivity contribution is -0.111. The average molecular weight is 189 g/mol. The van der Waals surface area contributed by atoms with Crippen molar-refractivity contribution in [2.45, 2.75) is 24.9 Å². The summed E-state index contributed by atoms with van der Waals surface area (Å²) in [5.41, 5.74) is -1.48. The summed E-state index contributed by atoms with van der Waals surface area (Å²) in [6, 6.07) is 0. The number of hydrogen-bond donors (Lipinski definition) is 1. The normalized spacial score (nSPS) is 21.2. The molecule has 0 spiro atoms. The molecule has 74 valence electrons. The zero-order valence-electron chi connectivity index (χ0n) is 7.20. The molecular weight excluding hydrogens is 177 g/mol. The van der Waals surface area contributed by atoms with Crippen LogP contribution in [-0.2, 0) is 4.79 Å². The summed E-state index contributed by atoms with van der Waals surface area (Å²) in [6.45, 7) is 0.360. The third kappa shape index (κ3) is 2.40. The van der Waals surface area contributed by atoms with Gasteiger partial charge in [0.25, 0.3) is 0 Å². The fourth-order valence-electron chi connectivity index (χ4n) is 1.45. The van der Waals surface area contributed by atoms with Gasteiger partial charge in [0.05, 0.1) is 0 Å². The first-order chi connectivity index (χ1) is 6.07. The van der Waals surface area contributed by atoms with E-state index in [4.69, 9.17) is 5.11 Å². The highest BCUT2D eigenvalue weighted by Crippen LogP contribution is 2.28. The van der Waals surface area contributed by atoms with Crippen LogP contribution >= 0.6 is 0 Å². The van der Waals surface area contributed by atoms with Crippen LogP contribution in [0.1, 0.15) is 19.3 Å². The second-order valence-electron chi connectivity index (χ2n) is 3.29. The van der Waals surface area contributed by atoms with E-state index in [1.54, 1.807) is 0 Å². The summed E-state index contributed by atoms with van der Waals surface area (Å²) in [7, 11) is 0. The van der Waals surface area contributed by atoms with Crippen molar-refractivity contribution in [2.24, 2.45) is 0 Å². The molecule has 1 heterocycles. The van der Waals surface area contributed by atoms with Crippen LogP contribution in [0.25, 0.3) is 0 Å². The number of hydrogen-bond acceptors (Lipinski definition) is 2. The number of rotatable bonds is 2. The number of aldehydes is 1. The molecule has 0 aromatic carbocycles. The third-order valence-corrected chi connectivity index (χ3v) is 2.38. The summed E-state index contributed by atoms with van der Waals surface area (Å²) < 4.78 is 13.6. The second kappa shape index (κ2) is 3.72. The summed E-state index contributed by atoms with van der Waals surface area (Å²) >= 11 is 0. The molecule has 5 heteroatoms. The Morgan fingerprint density at radius 3 is 2.46 bits per heavy atom. The van der Waals surface area contributed by atoms with Crippen LogP contribution in [-0.4, -0.2) is 41.1 Å². The molecule has 1 amide bonds. The van der Waals surface area contributed by atoms with Crippen LogP contribution in [0.15, 0.2) is 0 Å². The van der Waals surface area contributed by atoms with Gasteiger partial charge in [0.1, 0.15) is 12.0 Å². The second-order valence-corrected chi connectivity index (χ2v) is 3.29. The summed E-state index contributed by atoms with van der Waals surface area (Å²) in [4.78, 5) is 21.8. The van der Waals surface area contributed by atoms with E-state index in [2.05, 4.69) is 0 Å². The van der Waals surface area contributed by atoms with E-state index in [9.17, 15) is 14.0 Å². The van der Waals surface area contributed by atoms with Crippen molar-refractivity contribution in [3.63, 3.8) is 0 Å². The van der Waals surface area contributed by atoms with Gasteiger partial charge in [-0.1, -0.05) is 0 Å². The fourth-order valence-corrected chi connectivity index (χ4v) is 1.45. The Bertz CT molecular complexity index is 211. The number of alkyl halides is 1. The van der Waals surface area contributed by atoms with Gasteiger partial charge >= 0.3 is 6.09 Å². The van der Waals surface area contributed by atoms with Crippen LogP contribution in [0.4, 0.5) is 9.18 Å². The molecule has 1 saturated heterocycles. The predicted octanol–water partition coefficient (Wildman–Crippen LogP) is 1.06. The molecule has 0 atom stereocenters. The van der Waals surface area contributed by atoms with Crippen LogP contribution in [0.5, 0.6) is 0 Å². The standard InChI is InChI=1S/C8H12FNO3/c9-8(3-6-11)1-4-10(5-2-8)7(12)13/h6H,1-5H2,(H,12,13). The van der Waals surface area contributed by atoms with Gasteiger partial charge in [-0.05, 0) is 12.8 Å². The number of halogens is 1. The van der Waals surface area contributed by atoms with Crippen LogP contribution in [0, 0.1) is 0 Å². The Morgan fingerprint density at radius 1 is 1.54 bits per heavy atom. The number of nitrogens with zero attached hydrogens (tertiary/aromatic N) is 1. The molecule has 0 aromatic rings. The van der Waals surface area contributed by atoms with E-state index in [1.807, 2.05) is 0 Å². The molecule has 13 heavy (non-hydrogen) atoms. The van der Waals surface area contributed by atoms with E-state index in [-0.39, 0.29) is 32.4 Å². The van der Waals surface area contributed by atoms with E-state index < -0.39 is 11.8 Å². The lowest BCUT2D eigenvalue weighted by Gasteiger charge is -2.33. The first-order valence-corrected chi connectivity index (χ1v) is 4.18. The first-order valence-electron chi connectivity index (χ1n) is 4.18. The first kappa shape index (κ1) is 9.95. The fraction of sp³-hybridized carbons (Fsp3) is 0.750. The number of likely N-dealkylation sites (tertiary alicyclic amines) is 1. The predicted molar refractivity (Wildman–Crippen MR) is 43.4 cm³/mol. The van der Waals surface area contributed by atoms with Crippen LogP contribution in [0.3, 0.4) is 0 Å². The van der Waals surface area contributed by atoms with Gasteiger partial charge in [0.2, 0.25) is 0 Å². The Hall–Kier alpha value is -1.13.